The van der Waals surface area contributed by atoms with Crippen LogP contribution in [0.2, 0.25) is 0 Å². The van der Waals surface area contributed by atoms with Crippen molar-refractivity contribution in [1.29, 1.82) is 0 Å². The van der Waals surface area contributed by atoms with Crippen molar-refractivity contribution < 1.29 is 54.0 Å². The first-order valence-corrected chi connectivity index (χ1v) is 37.2. The lowest BCUT2D eigenvalue weighted by atomic mass is 9.95. The third-order valence-corrected chi connectivity index (χ3v) is 22.4. The summed E-state index contributed by atoms with van der Waals surface area (Å²) in [4.78, 5) is 72.3. The molecule has 0 unspecified atom stereocenters. The smallest absolute Gasteiger partial charge is 0.264 e. The summed E-state index contributed by atoms with van der Waals surface area (Å²) >= 11 is 2.71. The number of nitrogens with one attached hydrogen (secondary N) is 1. The molecule has 0 aliphatic rings. The molecular formula is C74H74N4O12S6. The first-order chi connectivity index (χ1) is 45.4. The predicted octanol–water partition coefficient (Wildman–Crippen LogP) is 15.2. The summed E-state index contributed by atoms with van der Waals surface area (Å²) in [6, 6.07) is 60.3. The number of rotatable bonds is 22. The van der Waals surface area contributed by atoms with Crippen LogP contribution < -0.4 is 18.2 Å². The minimum Gasteiger partial charge on any atom is -0.378 e. The Hall–Kier alpha value is -8.90. The maximum Gasteiger partial charge on any atom is 0.264 e. The van der Waals surface area contributed by atoms with Crippen LogP contribution in [-0.4, -0.2) is 103 Å². The number of ketones is 3. The van der Waals surface area contributed by atoms with Crippen LogP contribution >= 0.6 is 35.3 Å². The van der Waals surface area contributed by atoms with Crippen LogP contribution in [0.3, 0.4) is 0 Å². The Morgan fingerprint density at radius 2 is 0.781 bits per heavy atom. The largest absolute Gasteiger partial charge is 0.378 e. The van der Waals surface area contributed by atoms with E-state index in [2.05, 4.69) is 10.8 Å². The van der Waals surface area contributed by atoms with Crippen molar-refractivity contribution in [1.82, 2.24) is 0 Å². The maximum atomic E-state index is 13.3. The van der Waals surface area contributed by atoms with Crippen LogP contribution in [0.25, 0.3) is 33.4 Å². The minimum atomic E-state index is -3.88. The zero-order valence-corrected chi connectivity index (χ0v) is 59.8. The van der Waals surface area contributed by atoms with E-state index in [-0.39, 0.29) is 81.3 Å². The molecule has 0 saturated heterocycles. The van der Waals surface area contributed by atoms with Gasteiger partial charge >= 0.3 is 0 Å². The summed E-state index contributed by atoms with van der Waals surface area (Å²) in [6.45, 7) is 12.0. The second-order valence-electron chi connectivity index (χ2n) is 22.5. The third kappa shape index (κ3) is 19.9. The molecule has 22 heteroatoms. The Labute approximate surface area is 576 Å². The summed E-state index contributed by atoms with van der Waals surface area (Å²) in [7, 11) is -4.68. The first-order valence-electron chi connectivity index (χ1n) is 29.9. The number of sulfonamides is 3. The van der Waals surface area contributed by atoms with Gasteiger partial charge in [0.05, 0.1) is 43.3 Å². The average Bonchev–Trinajstić information content (AvgIpc) is 0.792. The standard InChI is InChI=1S/2C25H25NO4S2.C24H24N2O4S2/c1-17-8-10-20(11-9-17)21-12-13-24(18(2)14-21)26(4)32(29,30)23-7-5-6-22(15-23)25(28)16-31-19(3)27;1-17-13-22(14-18(2)25(17)20-9-6-5-7-10-20)26(4)32(29,30)23-12-8-11-21(15-23)24(28)16-31-19(3)27;1-17(27)31-16-24(28)20-7-5-9-23(15-20)32(29,30)25-21-12-10-18(11-13-21)19-6-4-8-22(14-19)26(2)3/h2*5-15H,16H2,1-4H3;4-15,25H,16H2,1-3H3. The lowest BCUT2D eigenvalue weighted by molar-refractivity contribution is -0.109. The van der Waals surface area contributed by atoms with E-state index in [9.17, 15) is 54.0 Å². The van der Waals surface area contributed by atoms with Crippen molar-refractivity contribution in [2.45, 2.75) is 63.2 Å². The SMILES string of the molecule is CC(=O)SCC(=O)c1cccc(S(=O)(=O)N(C)c2cc(C)c(-c3ccccc3)c(C)c2)c1.CC(=O)SCC(=O)c1cccc(S(=O)(=O)N(C)c2ccc(-c3ccc(C)cc3)cc2C)c1.CC(=O)SCC(=O)c1cccc(S(=O)(=O)Nc2ccc(-c3cccc(N(C)C)c3)cc2)c1. The van der Waals surface area contributed by atoms with Gasteiger partial charge in [0.2, 0.25) is 0 Å². The Balaban J connectivity index is 0.000000203. The molecule has 0 aromatic heterocycles. The summed E-state index contributed by atoms with van der Waals surface area (Å²) in [5.41, 5.74) is 13.5. The molecule has 0 radical (unpaired) electrons. The number of aryl methyl sites for hydroxylation is 4. The van der Waals surface area contributed by atoms with Crippen LogP contribution in [-0.2, 0) is 44.5 Å². The molecule has 0 amide bonds. The van der Waals surface area contributed by atoms with Gasteiger partial charge in [-0.25, -0.2) is 25.3 Å². The van der Waals surface area contributed by atoms with Crippen LogP contribution in [0.1, 0.15) is 74.1 Å². The molecule has 0 saturated carbocycles. The fourth-order valence-electron chi connectivity index (χ4n) is 9.86. The van der Waals surface area contributed by atoms with E-state index in [0.29, 0.717) is 17.1 Å². The van der Waals surface area contributed by atoms with Crippen molar-refractivity contribution in [2.24, 2.45) is 0 Å². The van der Waals surface area contributed by atoms with Crippen molar-refractivity contribution in [2.75, 3.05) is 63.7 Å². The molecule has 1 N–H and O–H groups in total. The highest BCUT2D eigenvalue weighted by Crippen LogP contribution is 2.35. The second kappa shape index (κ2) is 33.2. The molecule has 0 spiro atoms. The molecule has 0 bridgehead atoms. The van der Waals surface area contributed by atoms with E-state index in [0.717, 1.165) is 91.0 Å². The summed E-state index contributed by atoms with van der Waals surface area (Å²) < 4.78 is 83.8. The number of hydrogen-bond acceptors (Lipinski definition) is 16. The van der Waals surface area contributed by atoms with Gasteiger partial charge in [-0.1, -0.05) is 162 Å². The number of carbonyl (C=O) groups excluding carboxylic acids is 6. The zero-order chi connectivity index (χ0) is 70.2. The van der Waals surface area contributed by atoms with Gasteiger partial charge in [-0.05, 0) is 163 Å². The van der Waals surface area contributed by atoms with E-state index in [4.69, 9.17) is 0 Å². The van der Waals surface area contributed by atoms with Gasteiger partial charge in [-0.15, -0.1) is 0 Å². The highest BCUT2D eigenvalue weighted by Gasteiger charge is 2.26. The lowest BCUT2D eigenvalue weighted by Crippen LogP contribution is -2.27. The zero-order valence-electron chi connectivity index (χ0n) is 54.9. The molecule has 0 aliphatic heterocycles. The fourth-order valence-corrected chi connectivity index (χ4v) is 15.0. The lowest BCUT2D eigenvalue weighted by Gasteiger charge is -2.22. The summed E-state index contributed by atoms with van der Waals surface area (Å²) in [5.74, 6) is -0.940. The Morgan fingerprint density at radius 1 is 0.375 bits per heavy atom. The van der Waals surface area contributed by atoms with Crippen LogP contribution in [0.4, 0.5) is 22.7 Å². The van der Waals surface area contributed by atoms with E-state index in [1.165, 1.54) is 91.5 Å². The molecule has 9 aromatic rings. The number of benzene rings is 9. The van der Waals surface area contributed by atoms with Crippen LogP contribution in [0.15, 0.2) is 221 Å². The third-order valence-electron chi connectivity index (χ3n) is 15.0. The Kier molecular flexibility index (Phi) is 25.7. The number of thioether (sulfide) groups is 3. The Morgan fingerprint density at radius 3 is 1.24 bits per heavy atom. The highest BCUT2D eigenvalue weighted by molar-refractivity contribution is 8.14. The number of Topliss-reactive ketones (excluding diaryl/α,β-unsaturated/α-hetero) is 3. The van der Waals surface area contributed by atoms with Gasteiger partial charge in [-0.2, -0.15) is 0 Å². The van der Waals surface area contributed by atoms with Crippen LogP contribution in [0, 0.1) is 27.7 Å². The van der Waals surface area contributed by atoms with E-state index < -0.39 is 30.1 Å². The number of carbonyl (C=O) groups is 6. The molecule has 9 aromatic carbocycles. The number of nitrogens with zero attached hydrogens (tertiary/aromatic N) is 3. The molecule has 0 fully saturated rings. The second-order valence-corrected chi connectivity index (χ2v) is 31.5. The van der Waals surface area contributed by atoms with E-state index in [1.54, 1.807) is 48.5 Å². The molecule has 9 rings (SSSR count). The highest BCUT2D eigenvalue weighted by atomic mass is 32.2. The molecule has 0 atom stereocenters. The topological polar surface area (TPSA) is 227 Å². The molecule has 498 valence electrons. The predicted molar refractivity (Wildman–Crippen MR) is 393 cm³/mol. The number of hydrogen-bond donors (Lipinski definition) is 1. The molecule has 0 aliphatic carbocycles. The molecule has 96 heavy (non-hydrogen) atoms. The monoisotopic (exact) mass is 1400 g/mol. The molecular weight excluding hydrogens is 1330 g/mol. The average molecular weight is 1400 g/mol. The van der Waals surface area contributed by atoms with Gasteiger partial charge in [0, 0.05) is 77.0 Å². The molecule has 16 nitrogen and oxygen atoms in total. The number of anilines is 4. The van der Waals surface area contributed by atoms with Gasteiger partial charge in [0.1, 0.15) is 0 Å². The van der Waals surface area contributed by atoms with Crippen molar-refractivity contribution in [3.63, 3.8) is 0 Å². The molecule has 0 heterocycles. The van der Waals surface area contributed by atoms with Crippen molar-refractivity contribution in [3.05, 3.63) is 245 Å². The first kappa shape index (κ1) is 74.5. The maximum absolute atomic E-state index is 13.3. The van der Waals surface area contributed by atoms with Crippen molar-refractivity contribution in [3.8, 4) is 33.4 Å². The van der Waals surface area contributed by atoms with Gasteiger partial charge in [-0.3, -0.25) is 42.1 Å². The van der Waals surface area contributed by atoms with E-state index >= 15 is 0 Å². The fraction of sp³-hybridized carbons (Fsp3) is 0.189. The van der Waals surface area contributed by atoms with Crippen LogP contribution in [0.5, 0.6) is 0 Å². The normalized spacial score (nSPS) is 11.2. The summed E-state index contributed by atoms with van der Waals surface area (Å²) in [5, 5.41) is -0.487. The Bertz CT molecular complexity index is 4690. The van der Waals surface area contributed by atoms with Gasteiger partial charge in [0.25, 0.3) is 30.1 Å². The minimum absolute atomic E-state index is 0.0149. The quantitative estimate of drug-likeness (QED) is 0.0622. The van der Waals surface area contributed by atoms with Gasteiger partial charge < -0.3 is 4.90 Å². The summed E-state index contributed by atoms with van der Waals surface area (Å²) in [6.07, 6.45) is 0. The van der Waals surface area contributed by atoms with Crippen molar-refractivity contribution >= 4 is 121 Å². The van der Waals surface area contributed by atoms with E-state index in [1.807, 2.05) is 156 Å². The van der Waals surface area contributed by atoms with Gasteiger partial charge in [0.15, 0.2) is 32.7 Å².